The molecule has 3 aliphatic rings. The minimum Gasteiger partial charge on any atom is -0.370 e. The number of fused-ring (bicyclic) bond motifs is 1. The maximum atomic E-state index is 6.10. The topological polar surface area (TPSA) is 25.1 Å². The van der Waals surface area contributed by atoms with Gasteiger partial charge >= 0.3 is 0 Å². The summed E-state index contributed by atoms with van der Waals surface area (Å²) in [4.78, 5) is 0. The van der Waals surface area contributed by atoms with Crippen LogP contribution in [-0.2, 0) is 9.47 Å². The van der Waals surface area contributed by atoms with Gasteiger partial charge in [0.25, 0.3) is 0 Å². The van der Waals surface area contributed by atoms with E-state index in [9.17, 15) is 0 Å². The third-order valence-corrected chi connectivity index (χ3v) is 6.05. The van der Waals surface area contributed by atoms with Gasteiger partial charge < -0.3 is 9.47 Å². The molecule has 1 unspecified atom stereocenters. The Kier molecular flexibility index (Phi) is 4.53. The molecule has 2 heterocycles. The van der Waals surface area contributed by atoms with E-state index in [-0.39, 0.29) is 11.2 Å². The average molecular weight is 304 g/mol. The lowest BCUT2D eigenvalue weighted by Gasteiger charge is -2.21. The quantitative estimate of drug-likeness (QED) is 0.492. The summed E-state index contributed by atoms with van der Waals surface area (Å²) < 4.78 is 11.9. The average Bonchev–Trinajstić information content (AvgIpc) is 3.33. The first-order valence-electron chi connectivity index (χ1n) is 9.04. The molecule has 2 saturated heterocycles. The number of hydrogen-bond acceptors (Lipinski definition) is 2. The summed E-state index contributed by atoms with van der Waals surface area (Å²) in [7, 11) is 0. The van der Waals surface area contributed by atoms with Gasteiger partial charge in [-0.15, -0.1) is 0 Å². The van der Waals surface area contributed by atoms with E-state index in [1.807, 2.05) is 0 Å². The van der Waals surface area contributed by atoms with Gasteiger partial charge in [0, 0.05) is 0 Å². The van der Waals surface area contributed by atoms with Crippen LogP contribution in [0.15, 0.2) is 23.3 Å². The highest BCUT2D eigenvalue weighted by molar-refractivity contribution is 5.09. The number of rotatable bonds is 1. The molecule has 0 aromatic heterocycles. The van der Waals surface area contributed by atoms with Gasteiger partial charge in [-0.25, -0.2) is 0 Å². The lowest BCUT2D eigenvalue weighted by Crippen LogP contribution is -2.24. The largest absolute Gasteiger partial charge is 0.370 e. The minimum atomic E-state index is 0.120. The molecule has 2 heteroatoms. The summed E-state index contributed by atoms with van der Waals surface area (Å²) in [5.74, 6) is 0.642. The van der Waals surface area contributed by atoms with Crippen LogP contribution in [0, 0.1) is 5.92 Å². The lowest BCUT2D eigenvalue weighted by molar-refractivity contribution is 0.199. The second kappa shape index (κ2) is 6.13. The van der Waals surface area contributed by atoms with Crippen LogP contribution in [0.25, 0.3) is 0 Å². The first kappa shape index (κ1) is 16.3. The molecule has 3 rings (SSSR count). The Morgan fingerprint density at radius 1 is 1.00 bits per heavy atom. The third-order valence-electron chi connectivity index (χ3n) is 6.05. The fourth-order valence-corrected chi connectivity index (χ4v) is 3.85. The van der Waals surface area contributed by atoms with Gasteiger partial charge in [0.05, 0.1) is 23.9 Å². The first-order valence-corrected chi connectivity index (χ1v) is 9.04. The van der Waals surface area contributed by atoms with Gasteiger partial charge in [-0.3, -0.25) is 0 Å². The summed E-state index contributed by atoms with van der Waals surface area (Å²) in [6.07, 6.45) is 13.6. The summed E-state index contributed by atoms with van der Waals surface area (Å²) >= 11 is 0. The van der Waals surface area contributed by atoms with Crippen LogP contribution in [0.5, 0.6) is 0 Å². The summed E-state index contributed by atoms with van der Waals surface area (Å²) in [5, 5.41) is 0. The Balaban J connectivity index is 1.69. The molecule has 0 aromatic carbocycles. The van der Waals surface area contributed by atoms with E-state index in [1.54, 1.807) is 5.57 Å². The van der Waals surface area contributed by atoms with E-state index >= 15 is 0 Å². The number of hydrogen-bond donors (Lipinski definition) is 0. The second-order valence-corrected chi connectivity index (χ2v) is 8.17. The van der Waals surface area contributed by atoms with E-state index in [2.05, 4.69) is 39.8 Å². The van der Waals surface area contributed by atoms with Gasteiger partial charge in [0.2, 0.25) is 0 Å². The van der Waals surface area contributed by atoms with Crippen molar-refractivity contribution >= 4 is 0 Å². The molecule has 2 fully saturated rings. The minimum absolute atomic E-state index is 0.120. The monoisotopic (exact) mass is 304 g/mol. The number of allylic oxidation sites excluding steroid dienone is 4. The molecular formula is C20H32O2. The lowest BCUT2D eigenvalue weighted by atomic mass is 9.82. The molecule has 0 amide bonds. The normalized spacial score (nSPS) is 48.2. The van der Waals surface area contributed by atoms with Crippen LogP contribution in [0.3, 0.4) is 0 Å². The fraction of sp³-hybridized carbons (Fsp3) is 0.800. The van der Waals surface area contributed by atoms with Crippen molar-refractivity contribution in [1.29, 1.82) is 0 Å². The number of epoxide rings is 2. The van der Waals surface area contributed by atoms with Crippen LogP contribution in [0.1, 0.15) is 72.6 Å². The molecule has 0 spiro atoms. The Morgan fingerprint density at radius 2 is 1.68 bits per heavy atom. The maximum absolute atomic E-state index is 6.10. The molecule has 0 aromatic rings. The van der Waals surface area contributed by atoms with Crippen molar-refractivity contribution in [3.8, 4) is 0 Å². The standard InChI is InChI=1S/C20H32O2/c1-15-7-5-8-16(2)10-11-17(20(4)14-21-20)13-18-19(3,22-18)12-6-9-15/h8-9,17-18H,5-7,10-14H2,1-4H3/b15-9+,16-8+/t17-,18+,19+,20?/m0/s1. The van der Waals surface area contributed by atoms with Crippen LogP contribution in [-0.4, -0.2) is 23.9 Å². The van der Waals surface area contributed by atoms with Crippen molar-refractivity contribution < 1.29 is 9.47 Å². The van der Waals surface area contributed by atoms with Crippen molar-refractivity contribution in [3.05, 3.63) is 23.3 Å². The summed E-state index contributed by atoms with van der Waals surface area (Å²) in [5.41, 5.74) is 3.31. The van der Waals surface area contributed by atoms with E-state index in [4.69, 9.17) is 9.47 Å². The summed E-state index contributed by atoms with van der Waals surface area (Å²) in [6, 6.07) is 0. The maximum Gasteiger partial charge on any atom is 0.0923 e. The van der Waals surface area contributed by atoms with E-state index in [0.29, 0.717) is 12.0 Å². The molecule has 22 heavy (non-hydrogen) atoms. The Morgan fingerprint density at radius 3 is 2.41 bits per heavy atom. The molecule has 0 saturated carbocycles. The molecule has 2 nitrogen and oxygen atoms in total. The second-order valence-electron chi connectivity index (χ2n) is 8.17. The molecule has 0 radical (unpaired) electrons. The highest BCUT2D eigenvalue weighted by atomic mass is 16.6. The molecule has 4 atom stereocenters. The number of ether oxygens (including phenoxy) is 2. The van der Waals surface area contributed by atoms with Crippen LogP contribution >= 0.6 is 0 Å². The van der Waals surface area contributed by atoms with Crippen molar-refractivity contribution in [2.45, 2.75) is 89.9 Å². The van der Waals surface area contributed by atoms with E-state index in [0.717, 1.165) is 19.4 Å². The van der Waals surface area contributed by atoms with Crippen LogP contribution in [0.4, 0.5) is 0 Å². The van der Waals surface area contributed by atoms with Crippen molar-refractivity contribution in [3.63, 3.8) is 0 Å². The van der Waals surface area contributed by atoms with Gasteiger partial charge in [0.15, 0.2) is 0 Å². The van der Waals surface area contributed by atoms with E-state index in [1.165, 1.54) is 37.7 Å². The molecular weight excluding hydrogens is 272 g/mol. The molecule has 1 aliphatic carbocycles. The molecule has 0 N–H and O–H groups in total. The smallest absolute Gasteiger partial charge is 0.0923 e. The third kappa shape index (κ3) is 3.83. The Hall–Kier alpha value is -0.600. The molecule has 124 valence electrons. The van der Waals surface area contributed by atoms with E-state index < -0.39 is 0 Å². The van der Waals surface area contributed by atoms with Gasteiger partial charge in [0.1, 0.15) is 0 Å². The zero-order valence-corrected chi connectivity index (χ0v) is 14.8. The Labute approximate surface area is 136 Å². The predicted octanol–water partition coefficient (Wildman–Crippen LogP) is 5.19. The van der Waals surface area contributed by atoms with Gasteiger partial charge in [-0.05, 0) is 78.6 Å². The van der Waals surface area contributed by atoms with Crippen molar-refractivity contribution in [1.82, 2.24) is 0 Å². The highest BCUT2D eigenvalue weighted by Gasteiger charge is 2.56. The van der Waals surface area contributed by atoms with Crippen LogP contribution in [0.2, 0.25) is 0 Å². The molecule has 2 aliphatic heterocycles. The van der Waals surface area contributed by atoms with Gasteiger partial charge in [-0.2, -0.15) is 0 Å². The SMILES string of the molecule is C/C1=C\CC[C@@]2(C)O[C@@H]2C[C@@H](C2(C)CO2)CC/C(C)=C/CC1. The predicted molar refractivity (Wildman–Crippen MR) is 91.0 cm³/mol. The molecule has 0 bridgehead atoms. The zero-order valence-electron chi connectivity index (χ0n) is 14.8. The summed E-state index contributed by atoms with van der Waals surface area (Å²) in [6.45, 7) is 10.1. The van der Waals surface area contributed by atoms with Crippen LogP contribution < -0.4 is 0 Å². The van der Waals surface area contributed by atoms with Crippen molar-refractivity contribution in [2.24, 2.45) is 5.92 Å². The zero-order chi connectivity index (χ0) is 15.8. The first-order chi connectivity index (χ1) is 10.4. The highest BCUT2D eigenvalue weighted by Crippen LogP contribution is 2.49. The Bertz CT molecular complexity index is 472. The van der Waals surface area contributed by atoms with Crippen molar-refractivity contribution in [2.75, 3.05) is 6.61 Å². The fourth-order valence-electron chi connectivity index (χ4n) is 3.85. The van der Waals surface area contributed by atoms with Gasteiger partial charge in [-0.1, -0.05) is 23.3 Å².